The Balaban J connectivity index is 2.31. The molecule has 0 aliphatic rings. The van der Waals surface area contributed by atoms with Crippen molar-refractivity contribution in [3.63, 3.8) is 0 Å². The Morgan fingerprint density at radius 1 is 1.10 bits per heavy atom. The van der Waals surface area contributed by atoms with Gasteiger partial charge >= 0.3 is 0 Å². The SMILES string of the molecule is Cc1ccc(N(C=S)Cc2cccc(Cl)c2Cl)cc1C. The Kier molecular flexibility index (Phi) is 5.03. The first-order valence-corrected chi connectivity index (χ1v) is 7.47. The van der Waals surface area contributed by atoms with Crippen LogP contribution in [0.2, 0.25) is 10.0 Å². The van der Waals surface area contributed by atoms with Gasteiger partial charge in [0.25, 0.3) is 0 Å². The molecule has 0 N–H and O–H groups in total. The monoisotopic (exact) mass is 323 g/mol. The largest absolute Gasteiger partial charge is 0.334 e. The lowest BCUT2D eigenvalue weighted by Crippen LogP contribution is -2.19. The fourth-order valence-corrected chi connectivity index (χ4v) is 2.52. The summed E-state index contributed by atoms with van der Waals surface area (Å²) < 4.78 is 0. The van der Waals surface area contributed by atoms with Gasteiger partial charge < -0.3 is 4.90 Å². The highest BCUT2D eigenvalue weighted by molar-refractivity contribution is 7.79. The second-order valence-electron chi connectivity index (χ2n) is 4.71. The van der Waals surface area contributed by atoms with E-state index in [0.29, 0.717) is 16.6 Å². The molecule has 0 atom stereocenters. The first kappa shape index (κ1) is 15.3. The molecule has 1 nitrogen and oxygen atoms in total. The standard InChI is InChI=1S/C16H15Cl2NS/c1-11-6-7-14(8-12(11)2)19(10-20)9-13-4-3-5-15(17)16(13)18/h3-8,10H,9H2,1-2H3. The van der Waals surface area contributed by atoms with Crippen molar-refractivity contribution in [2.24, 2.45) is 0 Å². The molecular formula is C16H15Cl2NS. The average Bonchev–Trinajstić information content (AvgIpc) is 2.44. The van der Waals surface area contributed by atoms with Crippen LogP contribution in [0.5, 0.6) is 0 Å². The molecule has 0 fully saturated rings. The molecule has 0 radical (unpaired) electrons. The maximum absolute atomic E-state index is 6.23. The van der Waals surface area contributed by atoms with Crippen LogP contribution in [0.4, 0.5) is 5.69 Å². The summed E-state index contributed by atoms with van der Waals surface area (Å²) in [5, 5.41) is 1.15. The Bertz CT molecular complexity index is 640. The van der Waals surface area contributed by atoms with E-state index >= 15 is 0 Å². The number of anilines is 1. The van der Waals surface area contributed by atoms with Gasteiger partial charge in [-0.25, -0.2) is 0 Å². The third kappa shape index (κ3) is 3.32. The van der Waals surface area contributed by atoms with Crippen LogP contribution < -0.4 is 4.90 Å². The quantitative estimate of drug-likeness (QED) is 0.676. The normalized spacial score (nSPS) is 10.4. The number of aryl methyl sites for hydroxylation is 2. The molecule has 20 heavy (non-hydrogen) atoms. The van der Waals surface area contributed by atoms with Gasteiger partial charge in [-0.2, -0.15) is 0 Å². The van der Waals surface area contributed by atoms with Gasteiger partial charge in [-0.05, 0) is 48.7 Å². The molecule has 0 spiro atoms. The van der Waals surface area contributed by atoms with Crippen LogP contribution >= 0.6 is 35.4 Å². The van der Waals surface area contributed by atoms with Crippen molar-refractivity contribution in [1.29, 1.82) is 0 Å². The van der Waals surface area contributed by atoms with Gasteiger partial charge in [0.1, 0.15) is 0 Å². The number of rotatable bonds is 4. The highest BCUT2D eigenvalue weighted by Gasteiger charge is 2.10. The number of thiocarbonyl (C=S) groups is 1. The molecule has 0 aromatic heterocycles. The molecule has 2 aromatic carbocycles. The van der Waals surface area contributed by atoms with Crippen molar-refractivity contribution in [2.45, 2.75) is 20.4 Å². The maximum atomic E-state index is 6.23. The van der Waals surface area contributed by atoms with Gasteiger partial charge in [-0.1, -0.05) is 53.6 Å². The Morgan fingerprint density at radius 2 is 1.85 bits per heavy atom. The van der Waals surface area contributed by atoms with E-state index in [1.165, 1.54) is 11.1 Å². The van der Waals surface area contributed by atoms with Crippen LogP contribution in [0.3, 0.4) is 0 Å². The zero-order valence-electron chi connectivity index (χ0n) is 11.4. The molecule has 104 valence electrons. The lowest BCUT2D eigenvalue weighted by Gasteiger charge is -2.21. The number of benzene rings is 2. The Labute approximate surface area is 135 Å². The first-order chi connectivity index (χ1) is 9.52. The number of halogens is 2. The van der Waals surface area contributed by atoms with Crippen LogP contribution in [-0.4, -0.2) is 5.49 Å². The third-order valence-corrected chi connectivity index (χ3v) is 4.43. The van der Waals surface area contributed by atoms with Crippen LogP contribution in [0, 0.1) is 13.8 Å². The van der Waals surface area contributed by atoms with Gasteiger partial charge in [0.05, 0.1) is 15.5 Å². The van der Waals surface area contributed by atoms with E-state index in [0.717, 1.165) is 11.3 Å². The minimum atomic E-state index is 0.563. The van der Waals surface area contributed by atoms with Crippen LogP contribution in [0.1, 0.15) is 16.7 Å². The highest BCUT2D eigenvalue weighted by atomic mass is 35.5. The Hall–Kier alpha value is -1.09. The smallest absolute Gasteiger partial charge is 0.0688 e. The molecule has 4 heteroatoms. The molecule has 0 aliphatic carbocycles. The van der Waals surface area contributed by atoms with Crippen LogP contribution in [-0.2, 0) is 6.54 Å². The molecule has 0 amide bonds. The van der Waals surface area contributed by atoms with Crippen LogP contribution in [0.15, 0.2) is 36.4 Å². The molecule has 0 saturated heterocycles. The first-order valence-electron chi connectivity index (χ1n) is 6.25. The van der Waals surface area contributed by atoms with E-state index < -0.39 is 0 Å². The van der Waals surface area contributed by atoms with Gasteiger partial charge in [0, 0.05) is 12.2 Å². The minimum Gasteiger partial charge on any atom is -0.334 e. The van der Waals surface area contributed by atoms with Gasteiger partial charge in [-0.15, -0.1) is 0 Å². The van der Waals surface area contributed by atoms with Crippen LogP contribution in [0.25, 0.3) is 0 Å². The predicted octanol–water partition coefficient (Wildman–Crippen LogP) is 5.57. The second-order valence-corrected chi connectivity index (χ2v) is 5.71. The van der Waals surface area contributed by atoms with Crippen molar-refractivity contribution in [2.75, 3.05) is 4.90 Å². The van der Waals surface area contributed by atoms with Gasteiger partial charge in [0.15, 0.2) is 0 Å². The fraction of sp³-hybridized carbons (Fsp3) is 0.188. The Morgan fingerprint density at radius 3 is 2.50 bits per heavy atom. The predicted molar refractivity (Wildman–Crippen MR) is 92.2 cm³/mol. The number of hydrogen-bond donors (Lipinski definition) is 0. The fourth-order valence-electron chi connectivity index (χ4n) is 1.95. The molecular weight excluding hydrogens is 309 g/mol. The molecule has 0 unspecified atom stereocenters. The molecule has 0 bridgehead atoms. The van der Waals surface area contributed by atoms with E-state index in [2.05, 4.69) is 32.0 Å². The molecule has 0 heterocycles. The summed E-state index contributed by atoms with van der Waals surface area (Å²) in [4.78, 5) is 1.99. The maximum Gasteiger partial charge on any atom is 0.0688 e. The van der Waals surface area contributed by atoms with Crippen molar-refractivity contribution < 1.29 is 0 Å². The summed E-state index contributed by atoms with van der Waals surface area (Å²) in [6, 6.07) is 11.9. The third-order valence-electron chi connectivity index (χ3n) is 3.32. The summed E-state index contributed by atoms with van der Waals surface area (Å²) in [5.41, 5.74) is 6.15. The van der Waals surface area contributed by atoms with Crippen molar-refractivity contribution in [1.82, 2.24) is 0 Å². The van der Waals surface area contributed by atoms with Gasteiger partial charge in [-0.3, -0.25) is 0 Å². The molecule has 2 rings (SSSR count). The van der Waals surface area contributed by atoms with Crippen molar-refractivity contribution in [3.8, 4) is 0 Å². The molecule has 0 saturated carbocycles. The van der Waals surface area contributed by atoms with E-state index in [9.17, 15) is 0 Å². The van der Waals surface area contributed by atoms with E-state index in [4.69, 9.17) is 35.4 Å². The van der Waals surface area contributed by atoms with Crippen molar-refractivity contribution in [3.05, 3.63) is 63.1 Å². The second kappa shape index (κ2) is 6.57. The zero-order chi connectivity index (χ0) is 14.7. The number of hydrogen-bond acceptors (Lipinski definition) is 1. The lowest BCUT2D eigenvalue weighted by atomic mass is 10.1. The molecule has 0 aliphatic heterocycles. The minimum absolute atomic E-state index is 0.563. The topological polar surface area (TPSA) is 3.24 Å². The summed E-state index contributed by atoms with van der Waals surface area (Å²) in [7, 11) is 0. The highest BCUT2D eigenvalue weighted by Crippen LogP contribution is 2.28. The summed E-state index contributed by atoms with van der Waals surface area (Å²) in [6.07, 6.45) is 0. The lowest BCUT2D eigenvalue weighted by molar-refractivity contribution is 1.03. The zero-order valence-corrected chi connectivity index (χ0v) is 13.7. The average molecular weight is 324 g/mol. The van der Waals surface area contributed by atoms with Crippen molar-refractivity contribution >= 4 is 46.6 Å². The molecule has 2 aromatic rings. The van der Waals surface area contributed by atoms with E-state index in [1.54, 1.807) is 11.6 Å². The van der Waals surface area contributed by atoms with Gasteiger partial charge in [0.2, 0.25) is 0 Å². The number of nitrogens with zero attached hydrogens (tertiary/aromatic N) is 1. The van der Waals surface area contributed by atoms with E-state index in [1.807, 2.05) is 17.0 Å². The summed E-state index contributed by atoms with van der Waals surface area (Å²) in [5.74, 6) is 0. The van der Waals surface area contributed by atoms with E-state index in [-0.39, 0.29) is 0 Å². The summed E-state index contributed by atoms with van der Waals surface area (Å²) >= 11 is 17.4. The summed E-state index contributed by atoms with van der Waals surface area (Å²) in [6.45, 7) is 4.78.